The van der Waals surface area contributed by atoms with E-state index >= 15 is 0 Å². The fourth-order valence-electron chi connectivity index (χ4n) is 11.1. The highest BCUT2D eigenvalue weighted by atomic mass is 28.4. The van der Waals surface area contributed by atoms with Crippen LogP contribution in [0.15, 0.2) is 50.6 Å². The average molecular weight is 1840 g/mol. The molecule has 0 amide bonds. The summed E-state index contributed by atoms with van der Waals surface area (Å²) in [6.45, 7) is 62.0. The molecule has 4 saturated heterocycles. The first-order valence-electron chi connectivity index (χ1n) is 42.3. The summed E-state index contributed by atoms with van der Waals surface area (Å²) in [6.07, 6.45) is 8.87. The Balaban J connectivity index is -0.000000723. The highest BCUT2D eigenvalue weighted by Gasteiger charge is 2.48. The van der Waals surface area contributed by atoms with Crippen molar-refractivity contribution in [2.45, 2.75) is 233 Å². The van der Waals surface area contributed by atoms with Crippen LogP contribution >= 0.6 is 0 Å². The van der Waals surface area contributed by atoms with Crippen molar-refractivity contribution in [2.24, 2.45) is 10.8 Å². The fourth-order valence-corrected chi connectivity index (χ4v) is 23.8. The van der Waals surface area contributed by atoms with E-state index in [0.29, 0.717) is 247 Å². The topological polar surface area (TPSA) is 345 Å². The van der Waals surface area contributed by atoms with E-state index in [1.807, 2.05) is 118 Å². The number of carbonyl (C=O) groups excluding carboxylic acids is 4. The fraction of sp³-hybridized carbons (Fsp3) is 0.850. The molecule has 0 atom stereocenters. The summed E-state index contributed by atoms with van der Waals surface area (Å²) in [7, 11) is -12.7. The van der Waals surface area contributed by atoms with Crippen molar-refractivity contribution in [1.29, 1.82) is 0 Å². The first-order chi connectivity index (χ1) is 57.0. The van der Waals surface area contributed by atoms with Crippen LogP contribution in [-0.2, 0) is 156 Å². The van der Waals surface area contributed by atoms with Crippen LogP contribution < -0.4 is 0 Å². The van der Waals surface area contributed by atoms with Gasteiger partial charge in [-0.1, -0.05) is 41.2 Å². The third kappa shape index (κ3) is 57.7. The van der Waals surface area contributed by atoms with Crippen LogP contribution in [0.3, 0.4) is 0 Å². The van der Waals surface area contributed by atoms with Crippen molar-refractivity contribution >= 4 is 77.9 Å². The summed E-state index contributed by atoms with van der Waals surface area (Å²) in [6, 6.07) is 2.17. The molecule has 40 heteroatoms. The number of unbranched alkanes of at least 4 members (excludes halogenated alkanes) is 2. The molecule has 4 heterocycles. The van der Waals surface area contributed by atoms with E-state index in [2.05, 4.69) is 26.3 Å². The van der Waals surface area contributed by atoms with Crippen LogP contribution in [0.1, 0.15) is 184 Å². The molecule has 0 aromatic rings. The van der Waals surface area contributed by atoms with Crippen LogP contribution in [0.2, 0.25) is 24.2 Å². The molecule has 4 aliphatic rings. The smallest absolute Gasteiger partial charge is 0.466 e. The molecule has 4 fully saturated rings. The molecule has 120 heavy (non-hydrogen) atoms. The summed E-state index contributed by atoms with van der Waals surface area (Å²) in [4.78, 5) is 45.3. The van der Waals surface area contributed by atoms with Gasteiger partial charge in [-0.05, 0) is 156 Å². The standard InChI is InChI=1S/C23H48O10Si2.C22H46O10Si2.C11H16O4.C10H14O4.2C6H16O3Si.2CH4/c1-7-28-34(29-8-2,30-9-3)15-13-21-24-17-23(18-25-21)19-26-22(27-20-23)14-16-35(31-10-4,32-11-5)33-12-6;1-7-28-33(20-25-6,29-8-2)18-14-21(23)26-16-12-13-17-27-22(24)15-19-34(30-9-3,31-10-4)32-11-5;1-3-9-12-5-11(6-13-9)7-14-10(4-2)15-8-11;1-3-9(11)13-7-5-6-8-14-10(12)4-2;2*1-4-7-10(8-5-2)9-6-3;;/h21-22H,7-20H2,1-6H3;7-20H2,1-6H3;3-4,9-10H,1-2,5-8H2;3-4H,1-2,5-8H2;2*10H,4-6H2,1-3H3;2*1H4. The number of hydrogen-bond acceptors (Lipinski definition) is 34. The third-order valence-electron chi connectivity index (χ3n) is 16.3. The van der Waals surface area contributed by atoms with E-state index in [1.54, 1.807) is 19.3 Å². The summed E-state index contributed by atoms with van der Waals surface area (Å²) in [5.74, 6) is -1.49. The maximum absolute atomic E-state index is 12.1. The summed E-state index contributed by atoms with van der Waals surface area (Å²) >= 11 is 0. The van der Waals surface area contributed by atoms with Crippen LogP contribution in [0.5, 0.6) is 0 Å². The third-order valence-corrected chi connectivity index (χ3v) is 32.5. The van der Waals surface area contributed by atoms with Gasteiger partial charge < -0.3 is 137 Å². The van der Waals surface area contributed by atoms with Gasteiger partial charge in [-0.15, -0.1) is 0 Å². The van der Waals surface area contributed by atoms with Crippen molar-refractivity contribution in [2.75, 3.05) is 205 Å². The molecule has 0 aliphatic carbocycles. The number of carbonyl (C=O) groups is 4. The van der Waals surface area contributed by atoms with Crippen LogP contribution in [0, 0.1) is 10.8 Å². The molecular formula is C80H164O34Si6. The van der Waals surface area contributed by atoms with Gasteiger partial charge in [0.1, 0.15) is 0 Å². The Morgan fingerprint density at radius 1 is 0.342 bits per heavy atom. The van der Waals surface area contributed by atoms with E-state index in [-0.39, 0.29) is 88.8 Å². The molecule has 2 spiro atoms. The summed E-state index contributed by atoms with van der Waals surface area (Å²) in [5.41, 5.74) is -0.464. The Labute approximate surface area is 729 Å². The van der Waals surface area contributed by atoms with Gasteiger partial charge in [0, 0.05) is 181 Å². The zero-order chi connectivity index (χ0) is 88.5. The van der Waals surface area contributed by atoms with Crippen molar-refractivity contribution in [1.82, 2.24) is 0 Å². The Bertz CT molecular complexity index is 2180. The van der Waals surface area contributed by atoms with Gasteiger partial charge in [-0.3, -0.25) is 9.59 Å². The number of rotatable bonds is 62. The lowest BCUT2D eigenvalue weighted by Crippen LogP contribution is -2.53. The van der Waals surface area contributed by atoms with E-state index in [9.17, 15) is 19.2 Å². The molecule has 0 N–H and O–H groups in total. The minimum absolute atomic E-state index is 0. The second-order valence-corrected chi connectivity index (χ2v) is 40.2. The van der Waals surface area contributed by atoms with Crippen molar-refractivity contribution in [3.05, 3.63) is 50.6 Å². The average Bonchev–Trinajstić information content (AvgIpc) is 0.823. The summed E-state index contributed by atoms with van der Waals surface area (Å²) in [5, 5.41) is 0. The van der Waals surface area contributed by atoms with Crippen LogP contribution in [0.4, 0.5) is 0 Å². The molecular weight excluding hydrogens is 1670 g/mol. The van der Waals surface area contributed by atoms with Gasteiger partial charge in [-0.2, -0.15) is 0 Å². The highest BCUT2D eigenvalue weighted by molar-refractivity contribution is 6.67. The lowest BCUT2D eigenvalue weighted by Gasteiger charge is -2.44. The predicted molar refractivity (Wildman–Crippen MR) is 469 cm³/mol. The van der Waals surface area contributed by atoms with Crippen molar-refractivity contribution in [3.8, 4) is 0 Å². The quantitative estimate of drug-likeness (QED) is 0.0136. The Morgan fingerprint density at radius 2 is 0.583 bits per heavy atom. The second-order valence-electron chi connectivity index (χ2n) is 25.7. The molecule has 0 aromatic carbocycles. The van der Waals surface area contributed by atoms with Gasteiger partial charge in [0.05, 0.1) is 96.3 Å². The lowest BCUT2D eigenvalue weighted by atomic mass is 9.90. The molecule has 0 saturated carbocycles. The summed E-state index contributed by atoms with van der Waals surface area (Å²) < 4.78 is 167. The predicted octanol–water partition coefficient (Wildman–Crippen LogP) is 12.2. The molecule has 0 radical (unpaired) electrons. The Morgan fingerprint density at radius 3 is 0.817 bits per heavy atom. The number of hydrogen-bond donors (Lipinski definition) is 0. The number of ether oxygens (including phenoxy) is 13. The second kappa shape index (κ2) is 79.5. The minimum atomic E-state index is -2.85. The van der Waals surface area contributed by atoms with Crippen LogP contribution in [-0.4, -0.2) is 308 Å². The van der Waals surface area contributed by atoms with E-state index in [4.69, 9.17) is 137 Å². The van der Waals surface area contributed by atoms with Crippen LogP contribution in [0.25, 0.3) is 0 Å². The first-order valence-corrected chi connectivity index (χ1v) is 53.1. The van der Waals surface area contributed by atoms with E-state index in [0.717, 1.165) is 12.2 Å². The molecule has 0 bridgehead atoms. The van der Waals surface area contributed by atoms with Crippen molar-refractivity contribution < 1.29 is 156 Å². The van der Waals surface area contributed by atoms with Gasteiger partial charge in [0.25, 0.3) is 0 Å². The lowest BCUT2D eigenvalue weighted by molar-refractivity contribution is -0.303. The maximum Gasteiger partial charge on any atom is 0.501 e. The first kappa shape index (κ1) is 123. The molecule has 712 valence electrons. The highest BCUT2D eigenvalue weighted by Crippen LogP contribution is 2.35. The van der Waals surface area contributed by atoms with E-state index < -0.39 is 66.0 Å². The normalized spacial score (nSPS) is 19.0. The maximum atomic E-state index is 12.1. The Hall–Kier alpha value is -2.90. The van der Waals surface area contributed by atoms with E-state index in [1.165, 1.54) is 0 Å². The van der Waals surface area contributed by atoms with Gasteiger partial charge in [-0.25, -0.2) is 9.59 Å². The molecule has 0 aromatic heterocycles. The largest absolute Gasteiger partial charge is 0.501 e. The van der Waals surface area contributed by atoms with Gasteiger partial charge in [0.2, 0.25) is 0 Å². The van der Waals surface area contributed by atoms with Crippen molar-refractivity contribution in [3.63, 3.8) is 0 Å². The monoisotopic (exact) mass is 1840 g/mol. The number of methoxy groups -OCH3 is 1. The molecule has 34 nitrogen and oxygen atoms in total. The molecule has 0 unspecified atom stereocenters. The molecule has 4 aliphatic heterocycles. The SMILES string of the molecule is C.C.C=CC(=O)OCCCCOC(=O)C=C.C=CC1OCC2(CO1)COC(C=C)OC2.CCO[SiH](OCC)OCC.CCO[SiH](OCC)OCC.CCO[Si](CCC(=O)OCCCCOC(=O)CC[Si](OCC)(OCC)OCC)(COC)OCC.CCO[Si](CCC1OCC2(CO1)COC(CC[Si](OCC)(OCC)OCC)OC2)(OCC)OCC. The molecule has 4 rings (SSSR count). The zero-order valence-corrected chi connectivity index (χ0v) is 81.5. The Kier molecular flexibility index (Phi) is 81.7. The van der Waals surface area contributed by atoms with Gasteiger partial charge in [0.15, 0.2) is 25.2 Å². The zero-order valence-electron chi connectivity index (χ0n) is 75.2. The number of esters is 4. The van der Waals surface area contributed by atoms with Gasteiger partial charge >= 0.3 is 77.9 Å². The minimum Gasteiger partial charge on any atom is -0.466 e.